The molecule has 3 unspecified atom stereocenters. The van der Waals surface area contributed by atoms with E-state index in [9.17, 15) is 32.1 Å². The van der Waals surface area contributed by atoms with Gasteiger partial charge in [0.15, 0.2) is 0 Å². The lowest BCUT2D eigenvalue weighted by Crippen LogP contribution is -2.66. The summed E-state index contributed by atoms with van der Waals surface area (Å²) in [4.78, 5) is 35.8. The molecule has 2 heterocycles. The first-order chi connectivity index (χ1) is 12.3. The lowest BCUT2D eigenvalue weighted by Gasteiger charge is -2.49. The van der Waals surface area contributed by atoms with Crippen molar-refractivity contribution in [3.8, 4) is 0 Å². The lowest BCUT2D eigenvalue weighted by molar-refractivity contribution is -0.166. The molecular formula is C14H18N2O9S2. The van der Waals surface area contributed by atoms with Gasteiger partial charge in [0.05, 0.1) is 33.3 Å². The number of nitrogens with one attached hydrogen (secondary N) is 1. The van der Waals surface area contributed by atoms with E-state index >= 15 is 0 Å². The van der Waals surface area contributed by atoms with Gasteiger partial charge in [-0.3, -0.25) is 14.1 Å². The Kier molecular flexibility index (Phi) is 5.61. The molecule has 0 bridgehead atoms. The SMILES string of the molecule is CC(=O)N/C=C/S(=O)C1=C(C(=O)O)N2C(=O)C(C(C)(C)OS(=O)(=O)O)C2C1. The maximum absolute atomic E-state index is 12.5. The third-order valence-corrected chi connectivity index (χ3v) is 5.98. The van der Waals surface area contributed by atoms with Gasteiger partial charge < -0.3 is 15.3 Å². The highest BCUT2D eigenvalue weighted by atomic mass is 32.3. The standard InChI is InChI=1S/C14H18N2O9S2/c1-7(17)15-4-5-26(21)9-6-8-10(14(2,3)25-27(22,23)24)12(18)16(8)11(9)13(19)20/h4-5,8,10H,6H2,1-3H3,(H,15,17)(H,19,20)(H,22,23,24)/b5-4+. The Hall–Kier alpha value is -2.09. The van der Waals surface area contributed by atoms with E-state index in [0.717, 1.165) is 16.5 Å². The number of carboxylic acids is 1. The number of fused-ring (bicyclic) bond motifs is 1. The Morgan fingerprint density at radius 3 is 2.48 bits per heavy atom. The minimum absolute atomic E-state index is 0.0485. The Morgan fingerprint density at radius 2 is 2.00 bits per heavy atom. The van der Waals surface area contributed by atoms with Crippen molar-refractivity contribution >= 4 is 39.0 Å². The predicted octanol–water partition coefficient (Wildman–Crippen LogP) is -0.533. The summed E-state index contributed by atoms with van der Waals surface area (Å²) in [6.45, 7) is 3.77. The number of nitrogens with zero attached hydrogens (tertiary/aromatic N) is 1. The van der Waals surface area contributed by atoms with Crippen molar-refractivity contribution in [2.45, 2.75) is 38.8 Å². The van der Waals surface area contributed by atoms with E-state index in [1.807, 2.05) is 0 Å². The highest BCUT2D eigenvalue weighted by Gasteiger charge is 2.62. The summed E-state index contributed by atoms with van der Waals surface area (Å²) in [5.74, 6) is -3.66. The molecule has 3 atom stereocenters. The van der Waals surface area contributed by atoms with Crippen LogP contribution in [0, 0.1) is 5.92 Å². The number of hydrogen-bond donors (Lipinski definition) is 3. The van der Waals surface area contributed by atoms with Gasteiger partial charge in [0.25, 0.3) is 0 Å². The molecule has 0 aromatic carbocycles. The second-order valence-corrected chi connectivity index (χ2v) is 8.83. The van der Waals surface area contributed by atoms with Gasteiger partial charge in [0.2, 0.25) is 11.8 Å². The number of carbonyl (C=O) groups excluding carboxylic acids is 2. The first-order valence-electron chi connectivity index (χ1n) is 7.58. The molecule has 27 heavy (non-hydrogen) atoms. The van der Waals surface area contributed by atoms with Crippen LogP contribution in [0.2, 0.25) is 0 Å². The summed E-state index contributed by atoms with van der Waals surface area (Å²) in [5.41, 5.74) is -2.09. The van der Waals surface area contributed by atoms with Gasteiger partial charge >= 0.3 is 16.4 Å². The Bertz CT molecular complexity index is 888. The number of aliphatic carboxylic acids is 1. The third kappa shape index (κ3) is 4.26. The summed E-state index contributed by atoms with van der Waals surface area (Å²) < 4.78 is 47.9. The Morgan fingerprint density at radius 1 is 1.41 bits per heavy atom. The molecular weight excluding hydrogens is 404 g/mol. The Labute approximate surface area is 157 Å². The van der Waals surface area contributed by atoms with Crippen LogP contribution in [0.25, 0.3) is 0 Å². The van der Waals surface area contributed by atoms with Crippen LogP contribution >= 0.6 is 0 Å². The second kappa shape index (κ2) is 7.14. The van der Waals surface area contributed by atoms with E-state index in [2.05, 4.69) is 9.50 Å². The molecule has 0 aliphatic carbocycles. The Balaban J connectivity index is 2.30. The quantitative estimate of drug-likeness (QED) is 0.361. The van der Waals surface area contributed by atoms with E-state index in [0.29, 0.717) is 0 Å². The highest BCUT2D eigenvalue weighted by Crippen LogP contribution is 2.48. The average Bonchev–Trinajstić information content (AvgIpc) is 2.78. The van der Waals surface area contributed by atoms with Crippen molar-refractivity contribution < 1.29 is 40.9 Å². The smallest absolute Gasteiger partial charge is 0.397 e. The van der Waals surface area contributed by atoms with E-state index in [1.54, 1.807) is 0 Å². The molecule has 0 spiro atoms. The minimum Gasteiger partial charge on any atom is -0.477 e. The molecule has 150 valence electrons. The highest BCUT2D eigenvalue weighted by molar-refractivity contribution is 7.91. The molecule has 1 fully saturated rings. The normalized spacial score (nSPS) is 24.0. The van der Waals surface area contributed by atoms with Crippen molar-refractivity contribution in [3.05, 3.63) is 22.2 Å². The maximum Gasteiger partial charge on any atom is 0.397 e. The molecule has 2 rings (SSSR count). The fourth-order valence-electron chi connectivity index (χ4n) is 3.23. The van der Waals surface area contributed by atoms with Crippen LogP contribution in [0.5, 0.6) is 0 Å². The van der Waals surface area contributed by atoms with Crippen molar-refractivity contribution in [1.29, 1.82) is 0 Å². The topological polar surface area (TPSA) is 167 Å². The zero-order valence-electron chi connectivity index (χ0n) is 14.5. The average molecular weight is 422 g/mol. The second-order valence-electron chi connectivity index (χ2n) is 6.45. The van der Waals surface area contributed by atoms with Crippen molar-refractivity contribution in [2.75, 3.05) is 0 Å². The van der Waals surface area contributed by atoms with Crippen LogP contribution in [-0.4, -0.2) is 56.6 Å². The summed E-state index contributed by atoms with van der Waals surface area (Å²) in [6, 6.07) is -0.784. The zero-order chi connectivity index (χ0) is 20.7. The van der Waals surface area contributed by atoms with Gasteiger partial charge in [0.1, 0.15) is 5.70 Å². The molecule has 2 aliphatic heterocycles. The molecule has 0 aromatic heterocycles. The van der Waals surface area contributed by atoms with Crippen LogP contribution in [-0.2, 0) is 39.8 Å². The van der Waals surface area contributed by atoms with Crippen LogP contribution in [0.4, 0.5) is 0 Å². The molecule has 2 amide bonds. The molecule has 1 saturated heterocycles. The molecule has 0 aromatic rings. The summed E-state index contributed by atoms with van der Waals surface area (Å²) >= 11 is 0. The zero-order valence-corrected chi connectivity index (χ0v) is 16.2. The van der Waals surface area contributed by atoms with E-state index < -0.39 is 62.2 Å². The fourth-order valence-corrected chi connectivity index (χ4v) is 4.94. The fraction of sp³-hybridized carbons (Fsp3) is 0.500. The molecule has 3 N–H and O–H groups in total. The van der Waals surface area contributed by atoms with E-state index in [1.165, 1.54) is 20.8 Å². The first kappa shape index (κ1) is 21.2. The number of carbonyl (C=O) groups is 3. The monoisotopic (exact) mass is 422 g/mol. The maximum atomic E-state index is 12.5. The number of hydrogen-bond acceptors (Lipinski definition) is 7. The molecule has 2 aliphatic rings. The molecule has 0 radical (unpaired) electrons. The van der Waals surface area contributed by atoms with Crippen LogP contribution in [0.15, 0.2) is 22.2 Å². The van der Waals surface area contributed by atoms with Crippen molar-refractivity contribution in [1.82, 2.24) is 10.2 Å². The van der Waals surface area contributed by atoms with Crippen molar-refractivity contribution in [2.24, 2.45) is 5.92 Å². The summed E-state index contributed by atoms with van der Waals surface area (Å²) in [6.07, 6.45) is 1.01. The number of β-lactam (4-membered cyclic amide) rings is 1. The largest absolute Gasteiger partial charge is 0.477 e. The third-order valence-electron chi connectivity index (χ3n) is 4.11. The number of rotatable bonds is 7. The van der Waals surface area contributed by atoms with Crippen molar-refractivity contribution in [3.63, 3.8) is 0 Å². The molecule has 13 heteroatoms. The van der Waals surface area contributed by atoms with Gasteiger partial charge in [-0.1, -0.05) is 0 Å². The predicted molar refractivity (Wildman–Crippen MR) is 91.2 cm³/mol. The number of carboxylic acid groups (broad SMARTS) is 1. The summed E-state index contributed by atoms with van der Waals surface area (Å²) in [7, 11) is -6.79. The van der Waals surface area contributed by atoms with Crippen LogP contribution < -0.4 is 5.32 Å². The van der Waals surface area contributed by atoms with Gasteiger partial charge in [0, 0.05) is 25.0 Å². The first-order valence-corrected chi connectivity index (χ1v) is 10.2. The number of amides is 2. The molecule has 0 saturated carbocycles. The van der Waals surface area contributed by atoms with Gasteiger partial charge in [-0.2, -0.15) is 8.42 Å². The van der Waals surface area contributed by atoms with Gasteiger partial charge in [-0.05, 0) is 13.8 Å². The van der Waals surface area contributed by atoms with E-state index in [4.69, 9.17) is 4.55 Å². The molecule has 11 nitrogen and oxygen atoms in total. The lowest BCUT2D eigenvalue weighted by atomic mass is 9.76. The minimum atomic E-state index is -4.85. The van der Waals surface area contributed by atoms with E-state index in [-0.39, 0.29) is 11.3 Å². The summed E-state index contributed by atoms with van der Waals surface area (Å²) in [5, 5.41) is 12.8. The van der Waals surface area contributed by atoms with Gasteiger partial charge in [-0.25, -0.2) is 13.2 Å². The van der Waals surface area contributed by atoms with Gasteiger partial charge in [-0.15, -0.1) is 0 Å². The van der Waals surface area contributed by atoms with Crippen LogP contribution in [0.1, 0.15) is 27.2 Å². The van der Waals surface area contributed by atoms with Crippen LogP contribution in [0.3, 0.4) is 0 Å².